The van der Waals surface area contributed by atoms with Crippen molar-refractivity contribution in [3.05, 3.63) is 100 Å². The zero-order chi connectivity index (χ0) is 34.6. The first-order chi connectivity index (χ1) is 22.9. The van der Waals surface area contributed by atoms with Gasteiger partial charge in [-0.05, 0) is 43.9 Å². The number of esters is 1. The van der Waals surface area contributed by atoms with Gasteiger partial charge < -0.3 is 14.8 Å². The number of carbonyl (C=O) groups is 4. The van der Waals surface area contributed by atoms with Crippen molar-refractivity contribution in [2.45, 2.75) is 57.2 Å². The zero-order valence-corrected chi connectivity index (χ0v) is 29.9. The summed E-state index contributed by atoms with van der Waals surface area (Å²) in [7, 11) is -1.62. The molecule has 2 aliphatic heterocycles. The Hall–Kier alpha value is -4.14. The number of thiazole rings is 1. The van der Waals surface area contributed by atoms with Gasteiger partial charge in [0.1, 0.15) is 22.7 Å². The molecule has 2 aliphatic rings. The molecule has 0 saturated carbocycles. The highest BCUT2D eigenvalue weighted by Gasteiger charge is 2.57. The van der Waals surface area contributed by atoms with E-state index in [4.69, 9.17) is 9.47 Å². The van der Waals surface area contributed by atoms with Crippen LogP contribution in [-0.4, -0.2) is 66.1 Å². The second kappa shape index (κ2) is 15.0. The van der Waals surface area contributed by atoms with Gasteiger partial charge in [-0.3, -0.25) is 24.0 Å². The minimum absolute atomic E-state index is 0.0152. The Morgan fingerprint density at radius 2 is 1.73 bits per heavy atom. The lowest BCUT2D eigenvalue weighted by Crippen LogP contribution is -2.73. The Kier molecular flexibility index (Phi) is 11.0. The number of hydrogen-bond donors (Lipinski definition) is 2. The number of halogens is 1. The van der Waals surface area contributed by atoms with Crippen molar-refractivity contribution in [2.75, 3.05) is 16.4 Å². The maximum atomic E-state index is 13.9. The van der Waals surface area contributed by atoms with E-state index in [-0.39, 0.29) is 33.2 Å². The number of anilines is 1. The number of rotatable bonds is 10. The molecule has 14 heteroatoms. The summed E-state index contributed by atoms with van der Waals surface area (Å²) in [6, 6.07) is 17.4. The number of ether oxygens (including phenoxy) is 2. The normalized spacial score (nSPS) is 19.4. The van der Waals surface area contributed by atoms with E-state index in [1.54, 1.807) is 32.2 Å². The van der Waals surface area contributed by atoms with Crippen LogP contribution < -0.4 is 10.6 Å². The Morgan fingerprint density at radius 3 is 2.29 bits per heavy atom. The lowest BCUT2D eigenvalue weighted by Gasteiger charge is -2.49. The second-order valence-electron chi connectivity index (χ2n) is 12.0. The molecule has 0 aliphatic carbocycles. The molecule has 0 bridgehead atoms. The van der Waals surface area contributed by atoms with Crippen LogP contribution in [0.2, 0.25) is 0 Å². The number of hydrogen-bond acceptors (Lipinski definition) is 9. The van der Waals surface area contributed by atoms with Gasteiger partial charge in [0, 0.05) is 10.7 Å². The molecule has 48 heavy (non-hydrogen) atoms. The van der Waals surface area contributed by atoms with Gasteiger partial charge in [-0.2, -0.15) is 0 Å². The zero-order valence-electron chi connectivity index (χ0n) is 26.7. The van der Waals surface area contributed by atoms with E-state index in [9.17, 15) is 23.4 Å². The second-order valence-corrected chi connectivity index (χ2v) is 14.9. The molecule has 1 aromatic heterocycles. The van der Waals surface area contributed by atoms with Crippen LogP contribution in [0.25, 0.3) is 5.57 Å². The van der Waals surface area contributed by atoms with E-state index in [0.717, 1.165) is 22.5 Å². The predicted molar refractivity (Wildman–Crippen MR) is 187 cm³/mol. The van der Waals surface area contributed by atoms with Gasteiger partial charge in [0.25, 0.3) is 11.8 Å². The molecule has 3 amide bonds. The predicted octanol–water partition coefficient (Wildman–Crippen LogP) is 5.68. The topological polar surface area (TPSA) is 144 Å². The van der Waals surface area contributed by atoms with E-state index in [1.807, 2.05) is 67.6 Å². The van der Waals surface area contributed by atoms with Gasteiger partial charge in [0.2, 0.25) is 0 Å². The number of nitrogens with zero attached hydrogens (tertiary/aromatic N) is 2. The minimum atomic E-state index is -1.62. The fourth-order valence-electron chi connectivity index (χ4n) is 5.27. The fourth-order valence-corrected chi connectivity index (χ4v) is 8.38. The molecular weight excluding hydrogens is 720 g/mol. The summed E-state index contributed by atoms with van der Waals surface area (Å²) in [5.74, 6) is -1.90. The summed E-state index contributed by atoms with van der Waals surface area (Å²) >= 11 is 4.50. The lowest BCUT2D eigenvalue weighted by atomic mass is 10.0. The Morgan fingerprint density at radius 1 is 1.10 bits per heavy atom. The number of carbonyl (C=O) groups excluding carboxylic acids is 4. The van der Waals surface area contributed by atoms with Crippen LogP contribution in [0.15, 0.2) is 83.4 Å². The number of fused-ring (bicyclic) bond motifs is 1. The Labute approximate surface area is 293 Å². The molecule has 1 fully saturated rings. The molecule has 3 heterocycles. The van der Waals surface area contributed by atoms with Crippen LogP contribution in [0.4, 0.5) is 9.93 Å². The van der Waals surface area contributed by atoms with Gasteiger partial charge in [-0.25, -0.2) is 14.6 Å². The smallest absolute Gasteiger partial charge is 0.413 e. The van der Waals surface area contributed by atoms with Crippen LogP contribution >= 0.6 is 27.3 Å². The maximum absolute atomic E-state index is 13.9. The van der Waals surface area contributed by atoms with Crippen molar-refractivity contribution < 1.29 is 32.9 Å². The number of benzene rings is 2. The molecule has 1 unspecified atom stereocenters. The first-order valence-corrected chi connectivity index (χ1v) is 18.6. The molecule has 252 valence electrons. The molecule has 0 spiro atoms. The summed E-state index contributed by atoms with van der Waals surface area (Å²) in [5, 5.41) is 6.35. The van der Waals surface area contributed by atoms with Crippen molar-refractivity contribution in [2.24, 2.45) is 0 Å². The molecule has 3 atom stereocenters. The molecule has 1 saturated heterocycles. The fraction of sp³-hybridized carbons (Fsp3) is 0.324. The van der Waals surface area contributed by atoms with E-state index in [0.29, 0.717) is 12.0 Å². The molecule has 2 N–H and O–H groups in total. The van der Waals surface area contributed by atoms with Crippen LogP contribution in [0.1, 0.15) is 57.0 Å². The van der Waals surface area contributed by atoms with Crippen LogP contribution in [0, 0.1) is 0 Å². The van der Waals surface area contributed by atoms with Crippen LogP contribution in [0.3, 0.4) is 0 Å². The SMILES string of the molecule is CC/C=C(\C(=O)N[C@@H]1C(=O)N2C(C(=O)OC(c3ccccc3)c3ccccc3)=C(CBr)CS(=O)[C@H]12)c1csc(NC(=O)OC(C)(C)C)n1. The number of β-lactam (4-membered cyclic amide) rings is 1. The van der Waals surface area contributed by atoms with Crippen molar-refractivity contribution in [3.63, 3.8) is 0 Å². The lowest BCUT2D eigenvalue weighted by molar-refractivity contribution is -0.154. The highest BCUT2D eigenvalue weighted by atomic mass is 79.9. The monoisotopic (exact) mass is 754 g/mol. The highest BCUT2D eigenvalue weighted by molar-refractivity contribution is 9.09. The minimum Gasteiger partial charge on any atom is -0.448 e. The number of aromatic nitrogens is 1. The van der Waals surface area contributed by atoms with Crippen molar-refractivity contribution in [1.82, 2.24) is 15.2 Å². The summed E-state index contributed by atoms with van der Waals surface area (Å²) in [4.78, 5) is 58.9. The molecular formula is C34H35BrN4O7S2. The van der Waals surface area contributed by atoms with Gasteiger partial charge in [0.05, 0.1) is 27.8 Å². The van der Waals surface area contributed by atoms with Crippen molar-refractivity contribution in [1.29, 1.82) is 0 Å². The Bertz CT molecular complexity index is 1750. The molecule has 3 aromatic rings. The summed E-state index contributed by atoms with van der Waals surface area (Å²) in [6.45, 7) is 7.06. The maximum Gasteiger partial charge on any atom is 0.413 e. The average molecular weight is 756 g/mol. The first-order valence-electron chi connectivity index (χ1n) is 15.2. The van der Waals surface area contributed by atoms with Crippen LogP contribution in [-0.2, 0) is 34.7 Å². The van der Waals surface area contributed by atoms with Gasteiger partial charge in [0.15, 0.2) is 11.2 Å². The average Bonchev–Trinajstić information content (AvgIpc) is 3.51. The van der Waals surface area contributed by atoms with E-state index in [2.05, 4.69) is 31.5 Å². The quantitative estimate of drug-likeness (QED) is 0.117. The van der Waals surface area contributed by atoms with Crippen molar-refractivity contribution >= 4 is 72.6 Å². The largest absolute Gasteiger partial charge is 0.448 e. The number of allylic oxidation sites excluding steroid dienone is 1. The third-order valence-electron chi connectivity index (χ3n) is 7.32. The molecule has 2 aromatic carbocycles. The first kappa shape index (κ1) is 35.2. The standard InChI is InChI=1S/C34H35BrN4O7S2/c1-5-12-23(24-18-47-32(36-24)38-33(43)46-34(2,3)4)28(40)37-25-29(41)39-26(22(17-35)19-48(44)30(25)39)31(42)45-27(20-13-8-6-9-14-20)21-15-10-7-11-16-21/h6-16,18,25,27,30H,5,17,19H2,1-4H3,(H,37,40)(H,36,38,43)/b23-12-/t25-,30-,48?/m1/s1. The Balaban J connectivity index is 1.34. The number of amides is 3. The third-order valence-corrected chi connectivity index (χ3v) is 10.4. The molecule has 0 radical (unpaired) electrons. The van der Waals surface area contributed by atoms with Gasteiger partial charge >= 0.3 is 12.1 Å². The molecule has 5 rings (SSSR count). The third kappa shape index (κ3) is 7.77. The van der Waals surface area contributed by atoms with Gasteiger partial charge in [-0.1, -0.05) is 89.6 Å². The van der Waals surface area contributed by atoms with Crippen molar-refractivity contribution in [3.8, 4) is 0 Å². The summed E-state index contributed by atoms with van der Waals surface area (Å²) in [5.41, 5.74) is 1.75. The summed E-state index contributed by atoms with van der Waals surface area (Å²) < 4.78 is 24.8. The molecule has 11 nitrogen and oxygen atoms in total. The number of nitrogens with one attached hydrogen (secondary N) is 2. The van der Waals surface area contributed by atoms with Gasteiger partial charge in [-0.15, -0.1) is 11.3 Å². The van der Waals surface area contributed by atoms with Crippen LogP contribution in [0.5, 0.6) is 0 Å². The van der Waals surface area contributed by atoms with E-state index in [1.165, 1.54) is 4.90 Å². The summed E-state index contributed by atoms with van der Waals surface area (Å²) in [6.07, 6.45) is 0.695. The highest BCUT2D eigenvalue weighted by Crippen LogP contribution is 2.38. The van der Waals surface area contributed by atoms with E-state index >= 15 is 0 Å². The number of alkyl halides is 1. The van der Waals surface area contributed by atoms with E-state index < -0.39 is 57.8 Å².